The molecule has 8 heteroatoms. The third kappa shape index (κ3) is 3.63. The van der Waals surface area contributed by atoms with Gasteiger partial charge in [0.2, 0.25) is 0 Å². The van der Waals surface area contributed by atoms with E-state index in [-0.39, 0.29) is 11.5 Å². The summed E-state index contributed by atoms with van der Waals surface area (Å²) in [4.78, 5) is 30.8. The van der Waals surface area contributed by atoms with E-state index < -0.39 is 0 Å². The summed E-state index contributed by atoms with van der Waals surface area (Å²) >= 11 is 13.3. The predicted molar refractivity (Wildman–Crippen MR) is 108 cm³/mol. The van der Waals surface area contributed by atoms with E-state index in [2.05, 4.69) is 17.2 Å². The number of hydrogen-bond acceptors (Lipinski definition) is 4. The molecule has 0 radical (unpaired) electrons. The zero-order valence-corrected chi connectivity index (χ0v) is 16.6. The number of nitrogens with one attached hydrogen (secondary N) is 1. The maximum Gasteiger partial charge on any atom is 0.266 e. The number of aryl methyl sites for hydroxylation is 2. The van der Waals surface area contributed by atoms with Crippen molar-refractivity contribution in [1.82, 2.24) is 9.55 Å². The lowest BCUT2D eigenvalue weighted by Crippen LogP contribution is -2.20. The number of hydrogen-bond donors (Lipinski definition) is 1. The van der Waals surface area contributed by atoms with Crippen LogP contribution in [-0.2, 0) is 6.54 Å². The van der Waals surface area contributed by atoms with E-state index in [4.69, 9.17) is 23.2 Å². The van der Waals surface area contributed by atoms with Crippen LogP contribution < -0.4 is 10.9 Å². The van der Waals surface area contributed by atoms with E-state index in [0.29, 0.717) is 42.9 Å². The molecule has 0 unspecified atom stereocenters. The quantitative estimate of drug-likeness (QED) is 0.635. The first-order chi connectivity index (χ1) is 12.4. The molecule has 0 aliphatic heterocycles. The van der Waals surface area contributed by atoms with Crippen LogP contribution in [0.2, 0.25) is 10.0 Å². The first-order valence-electron chi connectivity index (χ1n) is 8.17. The summed E-state index contributed by atoms with van der Waals surface area (Å²) in [6.07, 6.45) is 3.43. The number of amides is 1. The normalized spacial score (nSPS) is 11.1. The number of benzene rings is 1. The highest BCUT2D eigenvalue weighted by Crippen LogP contribution is 2.30. The Morgan fingerprint density at radius 3 is 2.85 bits per heavy atom. The molecule has 0 fully saturated rings. The van der Waals surface area contributed by atoms with Gasteiger partial charge in [0.15, 0.2) is 0 Å². The monoisotopic (exact) mass is 409 g/mol. The molecular weight excluding hydrogens is 393 g/mol. The molecule has 1 amide bonds. The van der Waals surface area contributed by atoms with Gasteiger partial charge in [-0.1, -0.05) is 36.5 Å². The van der Waals surface area contributed by atoms with Gasteiger partial charge in [-0.15, -0.1) is 11.3 Å². The molecule has 0 bridgehead atoms. The summed E-state index contributed by atoms with van der Waals surface area (Å²) in [6, 6.07) is 4.85. The van der Waals surface area contributed by atoms with Crippen molar-refractivity contribution < 1.29 is 4.79 Å². The first-order valence-corrected chi connectivity index (χ1v) is 9.74. The summed E-state index contributed by atoms with van der Waals surface area (Å²) < 4.78 is 1.60. The SMILES string of the molecule is CCCCn1cnc2sc(C(=O)Nc3cc(Cl)ccc3Cl)c(C)c2c1=O. The Morgan fingerprint density at radius 2 is 2.12 bits per heavy atom. The highest BCUT2D eigenvalue weighted by atomic mass is 35.5. The minimum Gasteiger partial charge on any atom is -0.320 e. The second-order valence-electron chi connectivity index (χ2n) is 5.91. The molecule has 5 nitrogen and oxygen atoms in total. The van der Waals surface area contributed by atoms with Gasteiger partial charge in [0.05, 0.1) is 27.3 Å². The van der Waals surface area contributed by atoms with E-state index in [0.717, 1.165) is 12.8 Å². The Balaban J connectivity index is 1.99. The topological polar surface area (TPSA) is 64.0 Å². The van der Waals surface area contributed by atoms with Gasteiger partial charge in [-0.05, 0) is 37.1 Å². The van der Waals surface area contributed by atoms with Gasteiger partial charge in [-0.25, -0.2) is 4.98 Å². The molecule has 3 aromatic rings. The van der Waals surface area contributed by atoms with Crippen LogP contribution in [0.4, 0.5) is 5.69 Å². The number of halogens is 2. The zero-order chi connectivity index (χ0) is 18.8. The molecule has 0 aliphatic carbocycles. The van der Waals surface area contributed by atoms with Gasteiger partial charge in [-0.3, -0.25) is 14.2 Å². The van der Waals surface area contributed by atoms with Crippen LogP contribution in [0.5, 0.6) is 0 Å². The van der Waals surface area contributed by atoms with Crippen LogP contribution >= 0.6 is 34.5 Å². The minimum atomic E-state index is -0.339. The Kier molecular flexibility index (Phi) is 5.65. The summed E-state index contributed by atoms with van der Waals surface area (Å²) in [6.45, 7) is 4.45. The van der Waals surface area contributed by atoms with E-state index in [1.165, 1.54) is 11.3 Å². The minimum absolute atomic E-state index is 0.114. The molecule has 26 heavy (non-hydrogen) atoms. The van der Waals surface area contributed by atoms with Crippen molar-refractivity contribution in [3.63, 3.8) is 0 Å². The summed E-state index contributed by atoms with van der Waals surface area (Å²) in [5, 5.41) is 4.11. The molecule has 1 aromatic carbocycles. The fourth-order valence-electron chi connectivity index (χ4n) is 2.64. The number of nitrogens with zero attached hydrogens (tertiary/aromatic N) is 2. The predicted octanol–water partition coefficient (Wildman–Crippen LogP) is 5.13. The Morgan fingerprint density at radius 1 is 1.35 bits per heavy atom. The van der Waals surface area contributed by atoms with Crippen LogP contribution in [0.15, 0.2) is 29.3 Å². The number of carbonyl (C=O) groups is 1. The first kappa shape index (κ1) is 18.9. The fourth-order valence-corrected chi connectivity index (χ4v) is 4.01. The standard InChI is InChI=1S/C18H17Cl2N3O2S/c1-3-4-7-23-9-21-17-14(18(23)25)10(2)15(26-17)16(24)22-13-8-11(19)5-6-12(13)20/h5-6,8-9H,3-4,7H2,1-2H3,(H,22,24). The Labute approximate surface area is 164 Å². The second-order valence-corrected chi connectivity index (χ2v) is 7.75. The molecular formula is C18H17Cl2N3O2S. The smallest absolute Gasteiger partial charge is 0.266 e. The lowest BCUT2D eigenvalue weighted by atomic mass is 10.2. The van der Waals surface area contributed by atoms with Crippen molar-refractivity contribution >= 4 is 56.3 Å². The van der Waals surface area contributed by atoms with E-state index in [9.17, 15) is 9.59 Å². The number of fused-ring (bicyclic) bond motifs is 1. The molecule has 0 aliphatic rings. The lowest BCUT2D eigenvalue weighted by molar-refractivity contribution is 0.103. The lowest BCUT2D eigenvalue weighted by Gasteiger charge is -2.07. The van der Waals surface area contributed by atoms with Gasteiger partial charge >= 0.3 is 0 Å². The number of rotatable bonds is 5. The molecule has 2 aromatic heterocycles. The highest BCUT2D eigenvalue weighted by Gasteiger charge is 2.20. The van der Waals surface area contributed by atoms with Crippen molar-refractivity contribution in [2.45, 2.75) is 33.2 Å². The van der Waals surface area contributed by atoms with Gasteiger partial charge < -0.3 is 5.32 Å². The summed E-state index contributed by atoms with van der Waals surface area (Å²) in [5.41, 5.74) is 0.940. The summed E-state index contributed by atoms with van der Waals surface area (Å²) in [7, 11) is 0. The summed E-state index contributed by atoms with van der Waals surface area (Å²) in [5.74, 6) is -0.339. The zero-order valence-electron chi connectivity index (χ0n) is 14.3. The average molecular weight is 410 g/mol. The number of thiophene rings is 1. The van der Waals surface area contributed by atoms with Crippen molar-refractivity contribution in [3.8, 4) is 0 Å². The van der Waals surface area contributed by atoms with Crippen LogP contribution in [0.3, 0.4) is 0 Å². The van der Waals surface area contributed by atoms with Crippen LogP contribution in [0.25, 0.3) is 10.2 Å². The van der Waals surface area contributed by atoms with Gasteiger partial charge in [0.25, 0.3) is 11.5 Å². The second kappa shape index (κ2) is 7.78. The van der Waals surface area contributed by atoms with Crippen LogP contribution in [-0.4, -0.2) is 15.5 Å². The highest BCUT2D eigenvalue weighted by molar-refractivity contribution is 7.20. The van der Waals surface area contributed by atoms with Gasteiger partial charge in [-0.2, -0.15) is 0 Å². The maximum atomic E-state index is 12.7. The Hall–Kier alpha value is -1.89. The largest absolute Gasteiger partial charge is 0.320 e. The van der Waals surface area contributed by atoms with Crippen molar-refractivity contribution in [2.75, 3.05) is 5.32 Å². The number of carbonyl (C=O) groups excluding carboxylic acids is 1. The number of unbranched alkanes of at least 4 members (excludes halogenated alkanes) is 1. The van der Waals surface area contributed by atoms with Crippen LogP contribution in [0, 0.1) is 6.92 Å². The molecule has 136 valence electrons. The number of aromatic nitrogens is 2. The molecule has 0 saturated carbocycles. The molecule has 0 saturated heterocycles. The van der Waals surface area contributed by atoms with Crippen molar-refractivity contribution in [3.05, 3.63) is 55.4 Å². The van der Waals surface area contributed by atoms with Crippen LogP contribution in [0.1, 0.15) is 35.0 Å². The molecule has 1 N–H and O–H groups in total. The number of anilines is 1. The van der Waals surface area contributed by atoms with Gasteiger partial charge in [0, 0.05) is 11.6 Å². The third-order valence-electron chi connectivity index (χ3n) is 4.05. The average Bonchev–Trinajstić information content (AvgIpc) is 2.95. The van der Waals surface area contributed by atoms with E-state index >= 15 is 0 Å². The Bertz CT molecular complexity index is 1040. The van der Waals surface area contributed by atoms with Crippen molar-refractivity contribution in [2.24, 2.45) is 0 Å². The van der Waals surface area contributed by atoms with Gasteiger partial charge in [0.1, 0.15) is 4.83 Å². The van der Waals surface area contributed by atoms with Crippen molar-refractivity contribution in [1.29, 1.82) is 0 Å². The maximum absolute atomic E-state index is 12.7. The third-order valence-corrected chi connectivity index (χ3v) is 5.82. The van der Waals surface area contributed by atoms with E-state index in [1.54, 1.807) is 36.0 Å². The molecule has 2 heterocycles. The molecule has 0 atom stereocenters. The fraction of sp³-hybridized carbons (Fsp3) is 0.278. The van der Waals surface area contributed by atoms with E-state index in [1.807, 2.05) is 0 Å². The molecule has 0 spiro atoms. The molecule has 3 rings (SSSR count).